The van der Waals surface area contributed by atoms with Gasteiger partial charge in [0.15, 0.2) is 0 Å². The van der Waals surface area contributed by atoms with Crippen molar-refractivity contribution in [3.63, 3.8) is 0 Å². The highest BCUT2D eigenvalue weighted by Gasteiger charge is 2.33. The van der Waals surface area contributed by atoms with E-state index in [0.29, 0.717) is 6.42 Å². The Morgan fingerprint density at radius 2 is 1.69 bits per heavy atom. The molecule has 0 aliphatic heterocycles. The van der Waals surface area contributed by atoms with Crippen LogP contribution in [0, 0.1) is 5.92 Å². The van der Waals surface area contributed by atoms with Gasteiger partial charge >= 0.3 is 12.1 Å². The minimum absolute atomic E-state index is 0.00281. The normalized spacial score (nSPS) is 19.5. The van der Waals surface area contributed by atoms with E-state index in [1.165, 1.54) is 22.3 Å². The van der Waals surface area contributed by atoms with E-state index in [1.807, 2.05) is 31.2 Å². The lowest BCUT2D eigenvalue weighted by Gasteiger charge is -2.23. The smallest absolute Gasteiger partial charge is 0.407 e. The second-order valence-electron chi connectivity index (χ2n) is 9.62. The first-order valence-electron chi connectivity index (χ1n) is 12.6. The standard InChI is InChI=1S/C28H34N2O5/c1-2-8-19(16-27(32)33)29-26(31)15-18-9-7-14-25(18)30-28(34)35-17-24-22-12-5-3-10-20(22)21-11-4-6-13-23(21)24/h3-6,10-13,18-19,24-25H,2,7-9,14-17H2,1H3,(H,29,31)(H,30,34)(H,32,33)/t18?,19-,25?/m1/s1. The Labute approximate surface area is 206 Å². The number of fused-ring (bicyclic) bond motifs is 3. The molecular formula is C28H34N2O5. The highest BCUT2D eigenvalue weighted by molar-refractivity contribution is 5.79. The van der Waals surface area contributed by atoms with E-state index in [4.69, 9.17) is 9.84 Å². The summed E-state index contributed by atoms with van der Waals surface area (Å²) in [6.45, 7) is 2.22. The van der Waals surface area contributed by atoms with Gasteiger partial charge in [0, 0.05) is 24.4 Å². The number of hydrogen-bond donors (Lipinski definition) is 3. The van der Waals surface area contributed by atoms with Gasteiger partial charge in [-0.05, 0) is 47.4 Å². The van der Waals surface area contributed by atoms with E-state index in [2.05, 4.69) is 34.9 Å². The van der Waals surface area contributed by atoms with Crippen LogP contribution in [0.3, 0.4) is 0 Å². The van der Waals surface area contributed by atoms with Gasteiger partial charge in [-0.2, -0.15) is 0 Å². The summed E-state index contributed by atoms with van der Waals surface area (Å²) in [6.07, 6.45) is 3.74. The van der Waals surface area contributed by atoms with E-state index in [1.54, 1.807) is 0 Å². The van der Waals surface area contributed by atoms with Crippen LogP contribution in [0.5, 0.6) is 0 Å². The average Bonchev–Trinajstić information content (AvgIpc) is 3.39. The van der Waals surface area contributed by atoms with Crippen molar-refractivity contribution in [3.05, 3.63) is 59.7 Å². The molecule has 2 aromatic rings. The molecule has 0 bridgehead atoms. The van der Waals surface area contributed by atoms with Gasteiger partial charge in [0.25, 0.3) is 0 Å². The molecule has 2 aliphatic rings. The second kappa shape index (κ2) is 11.4. The number of amides is 2. The second-order valence-corrected chi connectivity index (χ2v) is 9.62. The highest BCUT2D eigenvalue weighted by atomic mass is 16.5. The van der Waals surface area contributed by atoms with Gasteiger partial charge in [-0.1, -0.05) is 68.3 Å². The number of aliphatic carboxylic acids is 1. The average molecular weight is 479 g/mol. The molecule has 7 heteroatoms. The zero-order valence-corrected chi connectivity index (χ0v) is 20.2. The molecular weight excluding hydrogens is 444 g/mol. The summed E-state index contributed by atoms with van der Waals surface area (Å²) in [5, 5.41) is 14.9. The Hall–Kier alpha value is -3.35. The number of alkyl carbamates (subject to hydrolysis) is 1. The number of carbonyl (C=O) groups excluding carboxylic acids is 2. The van der Waals surface area contributed by atoms with E-state index in [0.717, 1.165) is 25.7 Å². The van der Waals surface area contributed by atoms with Crippen molar-refractivity contribution < 1.29 is 24.2 Å². The molecule has 3 N–H and O–H groups in total. The number of ether oxygens (including phenoxy) is 1. The Bertz CT molecular complexity index is 1020. The first-order chi connectivity index (χ1) is 17.0. The van der Waals surface area contributed by atoms with E-state index < -0.39 is 12.1 Å². The van der Waals surface area contributed by atoms with E-state index >= 15 is 0 Å². The molecule has 35 heavy (non-hydrogen) atoms. The maximum atomic E-state index is 12.7. The fourth-order valence-corrected chi connectivity index (χ4v) is 5.57. The summed E-state index contributed by atoms with van der Waals surface area (Å²) < 4.78 is 5.68. The van der Waals surface area contributed by atoms with Crippen LogP contribution >= 0.6 is 0 Å². The van der Waals surface area contributed by atoms with Crippen molar-refractivity contribution in [3.8, 4) is 11.1 Å². The minimum atomic E-state index is -0.917. The summed E-state index contributed by atoms with van der Waals surface area (Å²) in [5.74, 6) is -1.05. The molecule has 1 fully saturated rings. The molecule has 2 aliphatic carbocycles. The molecule has 1 saturated carbocycles. The number of carboxylic acid groups (broad SMARTS) is 1. The number of carbonyl (C=O) groups is 3. The Balaban J connectivity index is 1.30. The molecule has 186 valence electrons. The molecule has 2 unspecified atom stereocenters. The molecule has 0 saturated heterocycles. The minimum Gasteiger partial charge on any atom is -0.481 e. The van der Waals surface area contributed by atoms with Crippen LogP contribution in [0.15, 0.2) is 48.5 Å². The van der Waals surface area contributed by atoms with Crippen LogP contribution in [0.4, 0.5) is 4.79 Å². The van der Waals surface area contributed by atoms with Crippen LogP contribution in [-0.2, 0) is 14.3 Å². The van der Waals surface area contributed by atoms with Gasteiger partial charge in [0.05, 0.1) is 6.42 Å². The fourth-order valence-electron chi connectivity index (χ4n) is 5.57. The van der Waals surface area contributed by atoms with Crippen LogP contribution in [0.1, 0.15) is 68.9 Å². The van der Waals surface area contributed by atoms with Gasteiger partial charge in [-0.15, -0.1) is 0 Å². The number of carboxylic acids is 1. The molecule has 0 spiro atoms. The van der Waals surface area contributed by atoms with E-state index in [-0.39, 0.29) is 49.3 Å². The molecule has 7 nitrogen and oxygen atoms in total. The summed E-state index contributed by atoms with van der Waals surface area (Å²) >= 11 is 0. The van der Waals surface area contributed by atoms with Crippen molar-refractivity contribution in [1.29, 1.82) is 0 Å². The van der Waals surface area contributed by atoms with Crippen LogP contribution in [0.25, 0.3) is 11.1 Å². The molecule has 2 amide bonds. The lowest BCUT2D eigenvalue weighted by Crippen LogP contribution is -2.42. The van der Waals surface area contributed by atoms with Crippen molar-refractivity contribution >= 4 is 18.0 Å². The third-order valence-corrected chi connectivity index (χ3v) is 7.18. The number of hydrogen-bond acceptors (Lipinski definition) is 4. The molecule has 0 aromatic heterocycles. The van der Waals surface area contributed by atoms with Crippen molar-refractivity contribution in [2.75, 3.05) is 6.61 Å². The maximum Gasteiger partial charge on any atom is 0.407 e. The summed E-state index contributed by atoms with van der Waals surface area (Å²) in [4.78, 5) is 36.3. The topological polar surface area (TPSA) is 105 Å². The van der Waals surface area contributed by atoms with E-state index in [9.17, 15) is 14.4 Å². The fraction of sp³-hybridized carbons (Fsp3) is 0.464. The third kappa shape index (κ3) is 6.02. The lowest BCUT2D eigenvalue weighted by molar-refractivity contribution is -0.137. The largest absolute Gasteiger partial charge is 0.481 e. The molecule has 0 radical (unpaired) electrons. The van der Waals surface area contributed by atoms with Gasteiger partial charge in [0.2, 0.25) is 5.91 Å². The lowest BCUT2D eigenvalue weighted by atomic mass is 9.98. The monoisotopic (exact) mass is 478 g/mol. The number of benzene rings is 2. The van der Waals surface area contributed by atoms with Gasteiger partial charge < -0.3 is 20.5 Å². The Morgan fingerprint density at radius 3 is 2.31 bits per heavy atom. The maximum absolute atomic E-state index is 12.7. The zero-order valence-electron chi connectivity index (χ0n) is 20.2. The Kier molecular flexibility index (Phi) is 8.06. The van der Waals surface area contributed by atoms with Gasteiger partial charge in [-0.25, -0.2) is 4.79 Å². The molecule has 2 aromatic carbocycles. The van der Waals surface area contributed by atoms with Crippen molar-refractivity contribution in [2.45, 2.75) is 69.9 Å². The first-order valence-corrected chi connectivity index (χ1v) is 12.6. The van der Waals surface area contributed by atoms with Crippen molar-refractivity contribution in [1.82, 2.24) is 10.6 Å². The first kappa shape index (κ1) is 24.8. The number of rotatable bonds is 10. The molecule has 0 heterocycles. The van der Waals surface area contributed by atoms with Crippen LogP contribution < -0.4 is 10.6 Å². The predicted molar refractivity (Wildman–Crippen MR) is 133 cm³/mol. The quantitative estimate of drug-likeness (QED) is 0.453. The van der Waals surface area contributed by atoms with Crippen LogP contribution in [0.2, 0.25) is 0 Å². The summed E-state index contributed by atoms with van der Waals surface area (Å²) in [5.41, 5.74) is 4.70. The number of nitrogens with one attached hydrogen (secondary N) is 2. The highest BCUT2D eigenvalue weighted by Crippen LogP contribution is 2.44. The molecule has 3 atom stereocenters. The molecule has 4 rings (SSSR count). The predicted octanol–water partition coefficient (Wildman–Crippen LogP) is 4.84. The van der Waals surface area contributed by atoms with Crippen LogP contribution in [-0.4, -0.2) is 41.8 Å². The zero-order chi connectivity index (χ0) is 24.8. The summed E-state index contributed by atoms with van der Waals surface area (Å²) in [6, 6.07) is 15.9. The Morgan fingerprint density at radius 1 is 1.03 bits per heavy atom. The third-order valence-electron chi connectivity index (χ3n) is 7.18. The van der Waals surface area contributed by atoms with Crippen molar-refractivity contribution in [2.24, 2.45) is 5.92 Å². The van der Waals surface area contributed by atoms with Gasteiger partial charge in [-0.3, -0.25) is 9.59 Å². The summed E-state index contributed by atoms with van der Waals surface area (Å²) in [7, 11) is 0. The SMILES string of the molecule is CCC[C@H](CC(=O)O)NC(=O)CC1CCCC1NC(=O)OCC1c2ccccc2-c2ccccc21. The van der Waals surface area contributed by atoms with Gasteiger partial charge in [0.1, 0.15) is 6.61 Å².